The van der Waals surface area contributed by atoms with Gasteiger partial charge < -0.3 is 10.00 Å². The van der Waals surface area contributed by atoms with E-state index in [1.165, 1.54) is 0 Å². The monoisotopic (exact) mass is 906 g/mol. The summed E-state index contributed by atoms with van der Waals surface area (Å²) in [6, 6.07) is 0. The molecule has 0 aromatic carbocycles. The number of rotatable bonds is 18. The van der Waals surface area contributed by atoms with Gasteiger partial charge in [0.25, 0.3) is 0 Å². The Kier molecular flexibility index (Phi) is 13.3. The first-order chi connectivity index (χ1) is 22.8. The number of halogens is 30. The van der Waals surface area contributed by atoms with Crippen LogP contribution >= 0.6 is 7.82 Å². The van der Waals surface area contributed by atoms with Gasteiger partial charge in [-0.05, 0) is 0 Å². The first-order valence-corrected chi connectivity index (χ1v) is 13.3. The molecule has 0 saturated heterocycles. The van der Waals surface area contributed by atoms with Crippen LogP contribution in [0.4, 0.5) is 132 Å². The Morgan fingerprint density at radius 2 is 0.667 bits per heavy atom. The van der Waals surface area contributed by atoms with Crippen LogP contribution in [0.1, 0.15) is 6.42 Å². The zero-order valence-corrected chi connectivity index (χ0v) is 24.5. The summed E-state index contributed by atoms with van der Waals surface area (Å²) >= 11 is 0. The third-order valence-corrected chi connectivity index (χ3v) is 7.21. The maximum absolute atomic E-state index is 13.8. The van der Waals surface area contributed by atoms with Gasteiger partial charge in [0, 0.05) is 6.42 Å². The average molecular weight is 906 g/mol. The minimum Gasteiger partial charge on any atom is -0.384 e. The molecule has 0 fully saturated rings. The van der Waals surface area contributed by atoms with E-state index in [4.69, 9.17) is 10.00 Å². The number of phosphoric acid groups is 1. The molecule has 0 aromatic heterocycles. The summed E-state index contributed by atoms with van der Waals surface area (Å²) in [6.07, 6.45) is -24.8. The van der Waals surface area contributed by atoms with E-state index in [0.29, 0.717) is 0 Å². The van der Waals surface area contributed by atoms with E-state index >= 15 is 0 Å². The van der Waals surface area contributed by atoms with Gasteiger partial charge >= 0.3 is 91.2 Å². The summed E-state index contributed by atoms with van der Waals surface area (Å²) in [7, 11) is -6.95. The van der Waals surface area contributed by atoms with Gasteiger partial charge in [-0.25, -0.2) is 4.57 Å². The van der Waals surface area contributed by atoms with Crippen molar-refractivity contribution >= 4 is 7.82 Å². The third kappa shape index (κ3) is 7.55. The highest BCUT2D eigenvalue weighted by Crippen LogP contribution is 2.65. The van der Waals surface area contributed by atoms with Crippen LogP contribution < -0.4 is 0 Å². The van der Waals surface area contributed by atoms with Crippen molar-refractivity contribution in [2.75, 3.05) is 13.2 Å². The van der Waals surface area contributed by atoms with Crippen molar-refractivity contribution < 1.29 is 155 Å². The Labute approximate surface area is 273 Å². The van der Waals surface area contributed by atoms with Crippen molar-refractivity contribution in [3.05, 3.63) is 0 Å². The molecule has 0 radical (unpaired) electrons. The Morgan fingerprint density at radius 1 is 0.407 bits per heavy atom. The molecule has 0 saturated carbocycles. The molecule has 326 valence electrons. The van der Waals surface area contributed by atoms with Crippen LogP contribution in [-0.4, -0.2) is 113 Å². The highest BCUT2D eigenvalue weighted by atomic mass is 31.2. The molecule has 0 rings (SSSR count). The SMILES string of the molecule is O=P(O)(OCCC(F)(F)C(F)(F)C(F)(F)C(F)(F)C(F)(F)C(F)(F)C(F)(F)C(F)(F)F)OCC(O)C(F)(F)C(F)(F)C(F)(F)C(F)(F)C(F)(F)C(F)(F)F. The van der Waals surface area contributed by atoms with Crippen LogP contribution in [0, 0.1) is 0 Å². The lowest BCUT2D eigenvalue weighted by Crippen LogP contribution is -2.74. The Bertz CT molecular complexity index is 1370. The van der Waals surface area contributed by atoms with Gasteiger partial charge in [0.2, 0.25) is 0 Å². The molecule has 0 bridgehead atoms. The lowest BCUT2D eigenvalue weighted by molar-refractivity contribution is -0.461. The number of aliphatic hydroxyl groups is 1. The number of hydrogen-bond acceptors (Lipinski definition) is 4. The highest BCUT2D eigenvalue weighted by Gasteiger charge is 2.95. The topological polar surface area (TPSA) is 76.0 Å². The van der Waals surface area contributed by atoms with Gasteiger partial charge in [-0.15, -0.1) is 0 Å². The van der Waals surface area contributed by atoms with E-state index in [-0.39, 0.29) is 0 Å². The van der Waals surface area contributed by atoms with E-state index in [1.54, 1.807) is 0 Å². The van der Waals surface area contributed by atoms with Crippen molar-refractivity contribution in [1.29, 1.82) is 0 Å². The van der Waals surface area contributed by atoms with Crippen molar-refractivity contribution in [2.45, 2.75) is 95.9 Å². The summed E-state index contributed by atoms with van der Waals surface area (Å²) in [4.78, 5) is 8.97. The highest BCUT2D eigenvalue weighted by molar-refractivity contribution is 7.47. The molecule has 5 nitrogen and oxygen atoms in total. The second kappa shape index (κ2) is 13.8. The Hall–Kier alpha value is -2.03. The first kappa shape index (κ1) is 52.0. The predicted octanol–water partition coefficient (Wildman–Crippen LogP) is 9.62. The summed E-state index contributed by atoms with van der Waals surface area (Å²) < 4.78 is 412. The van der Waals surface area contributed by atoms with Gasteiger partial charge in [0.1, 0.15) is 6.10 Å². The number of hydrogen-bond donors (Lipinski definition) is 2. The van der Waals surface area contributed by atoms with Gasteiger partial charge in [-0.3, -0.25) is 9.05 Å². The van der Waals surface area contributed by atoms with Crippen LogP contribution in [0.3, 0.4) is 0 Å². The van der Waals surface area contributed by atoms with E-state index in [9.17, 15) is 136 Å². The van der Waals surface area contributed by atoms with E-state index < -0.39 is 117 Å². The summed E-state index contributed by atoms with van der Waals surface area (Å²) in [5.74, 6) is -101. The van der Waals surface area contributed by atoms with Crippen LogP contribution in [0.25, 0.3) is 0 Å². The second-order valence-corrected chi connectivity index (χ2v) is 11.4. The lowest BCUT2D eigenvalue weighted by Gasteiger charge is -2.42. The zero-order chi connectivity index (χ0) is 44.6. The van der Waals surface area contributed by atoms with Crippen LogP contribution in [0.5, 0.6) is 0 Å². The predicted molar refractivity (Wildman–Crippen MR) is 104 cm³/mol. The lowest BCUT2D eigenvalue weighted by atomic mass is 9.88. The summed E-state index contributed by atoms with van der Waals surface area (Å²) in [5, 5.41) is 8.88. The van der Waals surface area contributed by atoms with Gasteiger partial charge in [-0.2, -0.15) is 132 Å². The van der Waals surface area contributed by atoms with E-state index in [1.807, 2.05) is 0 Å². The fraction of sp³-hybridized carbons (Fsp3) is 1.00. The van der Waals surface area contributed by atoms with Crippen LogP contribution in [-0.2, 0) is 13.6 Å². The fourth-order valence-corrected chi connectivity index (χ4v) is 3.67. The minimum absolute atomic E-state index is 2.97. The number of phosphoric ester groups is 1. The number of alkyl halides is 30. The quantitative estimate of drug-likeness (QED) is 0.106. The minimum atomic E-state index is -9.08. The molecule has 0 aliphatic heterocycles. The maximum Gasteiger partial charge on any atom is 0.472 e. The molecular formula is C18H9F30O5P. The van der Waals surface area contributed by atoms with Crippen molar-refractivity contribution in [1.82, 2.24) is 0 Å². The Morgan fingerprint density at radius 3 is 0.963 bits per heavy atom. The van der Waals surface area contributed by atoms with E-state index in [0.717, 1.165) is 0 Å². The largest absolute Gasteiger partial charge is 0.472 e. The molecule has 0 amide bonds. The molecule has 0 aliphatic rings. The molecule has 2 N–H and O–H groups in total. The summed E-state index contributed by atoms with van der Waals surface area (Å²) in [6.45, 7) is -6.45. The first-order valence-electron chi connectivity index (χ1n) is 11.8. The van der Waals surface area contributed by atoms with Gasteiger partial charge in [-0.1, -0.05) is 0 Å². The molecule has 2 atom stereocenters. The summed E-state index contributed by atoms with van der Waals surface area (Å²) in [5.41, 5.74) is 0. The second-order valence-electron chi connectivity index (χ2n) is 9.93. The average Bonchev–Trinajstić information content (AvgIpc) is 2.93. The molecular weight excluding hydrogens is 897 g/mol. The molecule has 0 spiro atoms. The molecule has 2 unspecified atom stereocenters. The third-order valence-electron chi connectivity index (χ3n) is 6.23. The maximum atomic E-state index is 13.8. The van der Waals surface area contributed by atoms with Crippen LogP contribution in [0.2, 0.25) is 0 Å². The van der Waals surface area contributed by atoms with Crippen molar-refractivity contribution in [3.63, 3.8) is 0 Å². The molecule has 0 heterocycles. The zero-order valence-electron chi connectivity index (χ0n) is 23.6. The molecule has 54 heavy (non-hydrogen) atoms. The van der Waals surface area contributed by atoms with Crippen molar-refractivity contribution in [3.8, 4) is 0 Å². The number of aliphatic hydroxyl groups excluding tert-OH is 1. The molecule has 0 aliphatic carbocycles. The van der Waals surface area contributed by atoms with Crippen molar-refractivity contribution in [2.24, 2.45) is 0 Å². The van der Waals surface area contributed by atoms with E-state index in [2.05, 4.69) is 9.05 Å². The molecule has 36 heteroatoms. The van der Waals surface area contributed by atoms with Crippen LogP contribution in [0.15, 0.2) is 0 Å². The Balaban J connectivity index is 6.22. The van der Waals surface area contributed by atoms with Gasteiger partial charge in [0.05, 0.1) is 13.2 Å². The smallest absolute Gasteiger partial charge is 0.384 e. The standard InChI is InChI=1S/C18H9F30O5P/c19-5(20,7(23,24)9(27,28)11(31,32)12(33,34)14(37,38)16(41,42)18(46,47)48)1-2-52-54(50,51)53-3-4(49)6(21,22)8(25,26)10(29,30)13(35,36)15(39,40)17(43,44)45/h4,49H,1-3H2,(H,50,51). The van der Waals surface area contributed by atoms with Gasteiger partial charge in [0.15, 0.2) is 0 Å². The molecule has 0 aromatic rings. The fourth-order valence-electron chi connectivity index (χ4n) is 2.94. The normalized spacial score (nSPS) is 18.1.